The van der Waals surface area contributed by atoms with Crippen molar-refractivity contribution in [3.8, 4) is 0 Å². The van der Waals surface area contributed by atoms with Crippen molar-refractivity contribution in [3.63, 3.8) is 0 Å². The SMILES string of the molecule is O=C1NC(CCCc2ccccc2)(C2CCNCC2)C(=O)N1CCO. The number of amides is 3. The number of rotatable bonds is 7. The third-order valence-electron chi connectivity index (χ3n) is 5.44. The van der Waals surface area contributed by atoms with Crippen LogP contribution in [0.4, 0.5) is 4.79 Å². The minimum absolute atomic E-state index is 0.0655. The van der Waals surface area contributed by atoms with Crippen molar-refractivity contribution in [1.29, 1.82) is 0 Å². The number of piperidine rings is 1. The molecule has 0 radical (unpaired) electrons. The number of β-amino-alcohol motifs (C(OH)–C–C–N with tert-alkyl or cyclic N) is 1. The number of nitrogens with one attached hydrogen (secondary N) is 2. The molecule has 3 N–H and O–H groups in total. The van der Waals surface area contributed by atoms with E-state index in [4.69, 9.17) is 0 Å². The number of carbonyl (C=O) groups is 2. The summed E-state index contributed by atoms with van der Waals surface area (Å²) in [5.41, 5.74) is 0.426. The number of carbonyl (C=O) groups excluding carboxylic acids is 2. The average molecular weight is 345 g/mol. The molecule has 1 unspecified atom stereocenters. The Kier molecular flexibility index (Phi) is 5.71. The molecule has 2 aliphatic rings. The normalized spacial score (nSPS) is 24.6. The zero-order chi connectivity index (χ0) is 17.7. The van der Waals surface area contributed by atoms with Crippen LogP contribution in [-0.2, 0) is 11.2 Å². The first-order chi connectivity index (χ1) is 12.2. The monoisotopic (exact) mass is 345 g/mol. The predicted molar refractivity (Wildman–Crippen MR) is 95.0 cm³/mol. The number of aliphatic hydroxyl groups excluding tert-OH is 1. The molecular weight excluding hydrogens is 318 g/mol. The highest BCUT2D eigenvalue weighted by Crippen LogP contribution is 2.36. The number of benzene rings is 1. The van der Waals surface area contributed by atoms with E-state index in [2.05, 4.69) is 22.8 Å². The Balaban J connectivity index is 1.75. The Morgan fingerprint density at radius 3 is 2.56 bits per heavy atom. The predicted octanol–water partition coefficient (Wildman–Crippen LogP) is 1.29. The quantitative estimate of drug-likeness (QED) is 0.651. The lowest BCUT2D eigenvalue weighted by molar-refractivity contribution is -0.134. The molecule has 0 saturated carbocycles. The van der Waals surface area contributed by atoms with Crippen molar-refractivity contribution in [2.45, 2.75) is 37.6 Å². The number of urea groups is 1. The highest BCUT2D eigenvalue weighted by molar-refractivity contribution is 6.07. The summed E-state index contributed by atoms with van der Waals surface area (Å²) >= 11 is 0. The van der Waals surface area contributed by atoms with Gasteiger partial charge in [-0.15, -0.1) is 0 Å². The third-order valence-corrected chi connectivity index (χ3v) is 5.44. The molecule has 2 aliphatic heterocycles. The molecule has 1 aromatic rings. The van der Waals surface area contributed by atoms with E-state index < -0.39 is 5.54 Å². The highest BCUT2D eigenvalue weighted by atomic mass is 16.3. The molecule has 136 valence electrons. The van der Waals surface area contributed by atoms with Crippen molar-refractivity contribution >= 4 is 11.9 Å². The summed E-state index contributed by atoms with van der Waals surface area (Å²) in [5.74, 6) is -0.0174. The van der Waals surface area contributed by atoms with Gasteiger partial charge in [0, 0.05) is 0 Å². The van der Waals surface area contributed by atoms with Crippen LogP contribution in [0.3, 0.4) is 0 Å². The van der Waals surface area contributed by atoms with Gasteiger partial charge >= 0.3 is 6.03 Å². The molecule has 1 atom stereocenters. The van der Waals surface area contributed by atoms with Crippen molar-refractivity contribution < 1.29 is 14.7 Å². The number of nitrogens with zero attached hydrogens (tertiary/aromatic N) is 1. The number of aliphatic hydroxyl groups is 1. The van der Waals surface area contributed by atoms with Gasteiger partial charge in [-0.1, -0.05) is 30.3 Å². The van der Waals surface area contributed by atoms with Gasteiger partial charge in [0.1, 0.15) is 5.54 Å². The molecule has 1 aromatic carbocycles. The molecule has 2 fully saturated rings. The summed E-state index contributed by atoms with van der Waals surface area (Å²) in [5, 5.41) is 15.5. The molecule has 2 saturated heterocycles. The summed E-state index contributed by atoms with van der Waals surface area (Å²) in [7, 11) is 0. The Morgan fingerprint density at radius 2 is 1.88 bits per heavy atom. The molecule has 6 heteroatoms. The second-order valence-electron chi connectivity index (χ2n) is 6.95. The Labute approximate surface area is 148 Å². The van der Waals surface area contributed by atoms with Gasteiger partial charge in [0.05, 0.1) is 13.2 Å². The molecule has 0 aliphatic carbocycles. The van der Waals surface area contributed by atoms with Crippen LogP contribution in [0.2, 0.25) is 0 Å². The van der Waals surface area contributed by atoms with Gasteiger partial charge in [0.25, 0.3) is 5.91 Å². The molecule has 3 amide bonds. The maximum atomic E-state index is 13.1. The largest absolute Gasteiger partial charge is 0.395 e. The van der Waals surface area contributed by atoms with Crippen LogP contribution in [0.5, 0.6) is 0 Å². The van der Waals surface area contributed by atoms with Crippen LogP contribution < -0.4 is 10.6 Å². The zero-order valence-corrected chi connectivity index (χ0v) is 14.5. The molecule has 0 spiro atoms. The fourth-order valence-electron chi connectivity index (χ4n) is 4.13. The Morgan fingerprint density at radius 1 is 1.16 bits per heavy atom. The van der Waals surface area contributed by atoms with Gasteiger partial charge in [0.15, 0.2) is 0 Å². The van der Waals surface area contributed by atoms with Crippen LogP contribution in [-0.4, -0.2) is 53.7 Å². The van der Waals surface area contributed by atoms with E-state index in [9.17, 15) is 14.7 Å². The van der Waals surface area contributed by atoms with E-state index in [0.29, 0.717) is 6.42 Å². The first kappa shape index (κ1) is 17.9. The number of hydrogen-bond acceptors (Lipinski definition) is 4. The van der Waals surface area contributed by atoms with Crippen molar-refractivity contribution in [1.82, 2.24) is 15.5 Å². The van der Waals surface area contributed by atoms with Crippen LogP contribution in [0.25, 0.3) is 0 Å². The van der Waals surface area contributed by atoms with Crippen LogP contribution in [0, 0.1) is 5.92 Å². The van der Waals surface area contributed by atoms with Gasteiger partial charge < -0.3 is 15.7 Å². The van der Waals surface area contributed by atoms with Crippen molar-refractivity contribution in [2.75, 3.05) is 26.2 Å². The lowest BCUT2D eigenvalue weighted by atomic mass is 9.74. The van der Waals surface area contributed by atoms with E-state index in [1.54, 1.807) is 0 Å². The molecule has 3 rings (SSSR count). The lowest BCUT2D eigenvalue weighted by Gasteiger charge is -2.38. The van der Waals surface area contributed by atoms with Gasteiger partial charge in [-0.3, -0.25) is 9.69 Å². The Bertz CT molecular complexity index is 601. The number of aryl methyl sites for hydroxylation is 1. The Hall–Kier alpha value is -1.92. The van der Waals surface area contributed by atoms with Gasteiger partial charge in [0.2, 0.25) is 0 Å². The van der Waals surface area contributed by atoms with Crippen LogP contribution in [0.1, 0.15) is 31.2 Å². The van der Waals surface area contributed by atoms with E-state index in [1.165, 1.54) is 10.5 Å². The molecule has 0 bridgehead atoms. The van der Waals surface area contributed by atoms with Gasteiger partial charge in [-0.2, -0.15) is 0 Å². The molecule has 0 aromatic heterocycles. The lowest BCUT2D eigenvalue weighted by Crippen LogP contribution is -2.56. The second-order valence-corrected chi connectivity index (χ2v) is 6.95. The molecule has 25 heavy (non-hydrogen) atoms. The van der Waals surface area contributed by atoms with Crippen molar-refractivity contribution in [3.05, 3.63) is 35.9 Å². The van der Waals surface area contributed by atoms with Crippen LogP contribution in [0.15, 0.2) is 30.3 Å². The van der Waals surface area contributed by atoms with Gasteiger partial charge in [-0.05, 0) is 56.7 Å². The van der Waals surface area contributed by atoms with Gasteiger partial charge in [-0.25, -0.2) is 4.79 Å². The topological polar surface area (TPSA) is 81.7 Å². The number of hydrogen-bond donors (Lipinski definition) is 3. The van der Waals surface area contributed by atoms with Crippen molar-refractivity contribution in [2.24, 2.45) is 5.92 Å². The first-order valence-electron chi connectivity index (χ1n) is 9.17. The standard InChI is InChI=1S/C19H27N3O3/c23-14-13-22-17(24)19(21-18(22)25,16-8-11-20-12-9-16)10-4-7-15-5-2-1-3-6-15/h1-3,5-6,16,20,23H,4,7-14H2,(H,21,25). The third kappa shape index (κ3) is 3.70. The molecule has 6 nitrogen and oxygen atoms in total. The van der Waals surface area contributed by atoms with Crippen LogP contribution >= 0.6 is 0 Å². The summed E-state index contributed by atoms with van der Waals surface area (Å²) in [6.07, 6.45) is 4.12. The smallest absolute Gasteiger partial charge is 0.325 e. The summed E-state index contributed by atoms with van der Waals surface area (Å²) in [6, 6.07) is 9.84. The fourth-order valence-corrected chi connectivity index (χ4v) is 4.13. The fraction of sp³-hybridized carbons (Fsp3) is 0.579. The minimum atomic E-state index is -0.816. The summed E-state index contributed by atoms with van der Waals surface area (Å²) < 4.78 is 0. The number of imide groups is 1. The highest BCUT2D eigenvalue weighted by Gasteiger charge is 2.54. The molecule has 2 heterocycles. The first-order valence-corrected chi connectivity index (χ1v) is 9.17. The zero-order valence-electron chi connectivity index (χ0n) is 14.5. The van der Waals surface area contributed by atoms with E-state index in [-0.39, 0.29) is 31.0 Å². The summed E-state index contributed by atoms with van der Waals surface area (Å²) in [6.45, 7) is 1.60. The summed E-state index contributed by atoms with van der Waals surface area (Å²) in [4.78, 5) is 26.6. The second kappa shape index (κ2) is 7.97. The van der Waals surface area contributed by atoms with E-state index >= 15 is 0 Å². The van der Waals surface area contributed by atoms with E-state index in [0.717, 1.165) is 38.8 Å². The average Bonchev–Trinajstić information content (AvgIpc) is 2.89. The minimum Gasteiger partial charge on any atom is -0.395 e. The molecular formula is C19H27N3O3. The maximum absolute atomic E-state index is 13.1. The maximum Gasteiger partial charge on any atom is 0.325 e. The van der Waals surface area contributed by atoms with E-state index in [1.807, 2.05) is 18.2 Å².